The van der Waals surface area contributed by atoms with Crippen LogP contribution < -0.4 is 10.6 Å². The maximum atomic E-state index is 12.7. The van der Waals surface area contributed by atoms with Gasteiger partial charge in [-0.15, -0.1) is 0 Å². The predicted octanol–water partition coefficient (Wildman–Crippen LogP) is 2.83. The first-order valence-corrected chi connectivity index (χ1v) is 11.7. The van der Waals surface area contributed by atoms with Gasteiger partial charge in [-0.25, -0.2) is 8.42 Å². The van der Waals surface area contributed by atoms with Crippen LogP contribution >= 0.6 is 0 Å². The monoisotopic (exact) mass is 446 g/mol. The molecule has 10 heteroatoms. The number of halogens is 3. The average molecular weight is 447 g/mol. The molecule has 30 heavy (non-hydrogen) atoms. The quantitative estimate of drug-likeness (QED) is 0.539. The number of benzene rings is 1. The minimum absolute atomic E-state index is 0.0960. The number of rotatable bonds is 5. The molecule has 0 saturated carbocycles. The van der Waals surface area contributed by atoms with E-state index in [1.165, 1.54) is 11.1 Å². The van der Waals surface area contributed by atoms with E-state index in [1.807, 2.05) is 0 Å². The van der Waals surface area contributed by atoms with E-state index in [2.05, 4.69) is 39.9 Å². The molecule has 1 fully saturated rings. The summed E-state index contributed by atoms with van der Waals surface area (Å²) in [6.07, 6.45) is 4.16. The van der Waals surface area contributed by atoms with E-state index < -0.39 is 15.5 Å². The minimum atomic E-state index is -5.23. The molecule has 0 bridgehead atoms. The summed E-state index contributed by atoms with van der Waals surface area (Å²) in [6.45, 7) is 1.08. The summed E-state index contributed by atoms with van der Waals surface area (Å²) in [6, 6.07) is 8.50. The number of nitrogens with one attached hydrogen (secondary N) is 2. The summed E-state index contributed by atoms with van der Waals surface area (Å²) in [4.78, 5) is 4.24. The fourth-order valence-corrected chi connectivity index (χ4v) is 5.23. The number of alkyl halides is 3. The zero-order chi connectivity index (χ0) is 21.8. The Morgan fingerprint density at radius 2 is 1.80 bits per heavy atom. The number of sulfonamides is 1. The van der Waals surface area contributed by atoms with Crippen LogP contribution in [0.4, 0.5) is 13.2 Å². The Labute approximate surface area is 176 Å². The molecule has 1 heterocycles. The van der Waals surface area contributed by atoms with Crippen molar-refractivity contribution < 1.29 is 21.6 Å². The first-order valence-electron chi connectivity index (χ1n) is 10.3. The van der Waals surface area contributed by atoms with Crippen molar-refractivity contribution in [2.75, 3.05) is 33.2 Å². The van der Waals surface area contributed by atoms with Crippen molar-refractivity contribution in [1.82, 2.24) is 14.9 Å². The molecule has 2 aliphatic rings. The lowest BCUT2D eigenvalue weighted by atomic mass is 9.83. The Bertz CT molecular complexity index is 850. The fourth-order valence-electron chi connectivity index (χ4n) is 4.25. The molecule has 1 aliphatic heterocycles. The first-order chi connectivity index (χ1) is 14.2. The Kier molecular flexibility index (Phi) is 7.28. The molecule has 0 spiro atoms. The van der Waals surface area contributed by atoms with Crippen molar-refractivity contribution in [1.29, 1.82) is 0 Å². The molecule has 1 atom stereocenters. The Morgan fingerprint density at radius 3 is 2.47 bits per heavy atom. The van der Waals surface area contributed by atoms with Crippen LogP contribution in [-0.2, 0) is 16.4 Å². The number of aryl methyl sites for hydroxylation is 1. The van der Waals surface area contributed by atoms with E-state index in [1.54, 1.807) is 7.05 Å². The molecule has 3 rings (SSSR count). The lowest BCUT2D eigenvalue weighted by Gasteiger charge is -2.32. The van der Waals surface area contributed by atoms with Crippen LogP contribution in [-0.4, -0.2) is 57.4 Å². The molecular weight excluding hydrogens is 417 g/mol. The molecule has 0 radical (unpaired) electrons. The number of hydrogen-bond acceptors (Lipinski definition) is 3. The summed E-state index contributed by atoms with van der Waals surface area (Å²) < 4.78 is 61.6. The van der Waals surface area contributed by atoms with Crippen LogP contribution in [0, 0.1) is 5.92 Å². The largest absolute Gasteiger partial charge is 0.511 e. The zero-order valence-corrected chi connectivity index (χ0v) is 17.9. The SMILES string of the molecule is CN=C(NCC1CCN(S(=O)(=O)C(F)(F)F)CC1)NCC1CCCc2ccccc21. The lowest BCUT2D eigenvalue weighted by molar-refractivity contribution is -0.0496. The number of aliphatic imine (C=N–C) groups is 1. The van der Waals surface area contributed by atoms with Crippen molar-refractivity contribution in [3.8, 4) is 0 Å². The predicted molar refractivity (Wildman–Crippen MR) is 111 cm³/mol. The van der Waals surface area contributed by atoms with Crippen molar-refractivity contribution in [3.05, 3.63) is 35.4 Å². The summed E-state index contributed by atoms with van der Waals surface area (Å²) >= 11 is 0. The van der Waals surface area contributed by atoms with Crippen LogP contribution in [0.15, 0.2) is 29.3 Å². The molecule has 1 aliphatic carbocycles. The molecule has 1 saturated heterocycles. The van der Waals surface area contributed by atoms with E-state index >= 15 is 0 Å². The fraction of sp³-hybridized carbons (Fsp3) is 0.650. The van der Waals surface area contributed by atoms with Crippen LogP contribution in [0.2, 0.25) is 0 Å². The number of fused-ring (bicyclic) bond motifs is 1. The molecule has 1 aromatic rings. The van der Waals surface area contributed by atoms with Gasteiger partial charge in [-0.05, 0) is 49.1 Å². The Hall–Kier alpha value is -1.81. The van der Waals surface area contributed by atoms with Crippen molar-refractivity contribution >= 4 is 16.0 Å². The Balaban J connectivity index is 1.45. The second-order valence-corrected chi connectivity index (χ2v) is 9.84. The molecule has 0 amide bonds. The van der Waals surface area contributed by atoms with Crippen molar-refractivity contribution in [3.63, 3.8) is 0 Å². The van der Waals surface area contributed by atoms with Crippen LogP contribution in [0.5, 0.6) is 0 Å². The molecular formula is C20H29F3N4O2S. The van der Waals surface area contributed by atoms with Gasteiger partial charge in [0.15, 0.2) is 5.96 Å². The number of hydrogen-bond donors (Lipinski definition) is 2. The van der Waals surface area contributed by atoms with Crippen LogP contribution in [0.1, 0.15) is 42.7 Å². The third kappa shape index (κ3) is 5.26. The van der Waals surface area contributed by atoms with Gasteiger partial charge in [0, 0.05) is 39.1 Å². The normalized spacial score (nSPS) is 21.9. The Morgan fingerprint density at radius 1 is 1.13 bits per heavy atom. The molecule has 1 unspecified atom stereocenters. The smallest absolute Gasteiger partial charge is 0.356 e. The summed E-state index contributed by atoms with van der Waals surface area (Å²) in [5, 5.41) is 6.59. The van der Waals surface area contributed by atoms with E-state index in [-0.39, 0.29) is 19.0 Å². The van der Waals surface area contributed by atoms with Gasteiger partial charge in [-0.1, -0.05) is 24.3 Å². The standard InChI is InChI=1S/C20H29F3N4O2S/c1-24-19(26-14-17-7-4-6-16-5-2-3-8-18(16)17)25-13-15-9-11-27(12-10-15)30(28,29)20(21,22)23/h2-3,5,8,15,17H,4,6-7,9-14H2,1H3,(H2,24,25,26). The number of nitrogens with zero attached hydrogens (tertiary/aromatic N) is 2. The molecule has 168 valence electrons. The lowest BCUT2D eigenvalue weighted by Crippen LogP contribution is -2.47. The second-order valence-electron chi connectivity index (χ2n) is 7.92. The highest BCUT2D eigenvalue weighted by Gasteiger charge is 2.50. The average Bonchev–Trinajstić information content (AvgIpc) is 2.73. The molecule has 6 nitrogen and oxygen atoms in total. The third-order valence-corrected chi connectivity index (χ3v) is 7.63. The third-order valence-electron chi connectivity index (χ3n) is 6.00. The van der Waals surface area contributed by atoms with E-state index in [9.17, 15) is 21.6 Å². The summed E-state index contributed by atoms with van der Waals surface area (Å²) in [5.41, 5.74) is -2.45. The van der Waals surface area contributed by atoms with Gasteiger partial charge >= 0.3 is 15.5 Å². The van der Waals surface area contributed by atoms with Gasteiger partial charge < -0.3 is 10.6 Å². The van der Waals surface area contributed by atoms with Gasteiger partial charge in [0.05, 0.1) is 0 Å². The maximum absolute atomic E-state index is 12.7. The number of piperidine rings is 1. The van der Waals surface area contributed by atoms with Crippen LogP contribution in [0.25, 0.3) is 0 Å². The highest BCUT2D eigenvalue weighted by Crippen LogP contribution is 2.31. The van der Waals surface area contributed by atoms with Gasteiger partial charge in [-0.3, -0.25) is 4.99 Å². The molecule has 1 aromatic carbocycles. The van der Waals surface area contributed by atoms with E-state index in [4.69, 9.17) is 0 Å². The minimum Gasteiger partial charge on any atom is -0.356 e. The van der Waals surface area contributed by atoms with Gasteiger partial charge in [0.2, 0.25) is 0 Å². The van der Waals surface area contributed by atoms with Crippen LogP contribution in [0.3, 0.4) is 0 Å². The van der Waals surface area contributed by atoms with E-state index in [0.29, 0.717) is 35.6 Å². The summed E-state index contributed by atoms with van der Waals surface area (Å²) in [5.74, 6) is 1.17. The topological polar surface area (TPSA) is 73.8 Å². The van der Waals surface area contributed by atoms with E-state index in [0.717, 1.165) is 25.8 Å². The van der Waals surface area contributed by atoms with Crippen molar-refractivity contribution in [2.24, 2.45) is 10.9 Å². The van der Waals surface area contributed by atoms with Gasteiger partial charge in [0.1, 0.15) is 0 Å². The highest BCUT2D eigenvalue weighted by molar-refractivity contribution is 7.90. The maximum Gasteiger partial charge on any atom is 0.511 e. The molecule has 2 N–H and O–H groups in total. The van der Waals surface area contributed by atoms with Gasteiger partial charge in [-0.2, -0.15) is 17.5 Å². The summed E-state index contributed by atoms with van der Waals surface area (Å²) in [7, 11) is -3.54. The van der Waals surface area contributed by atoms with Crippen molar-refractivity contribution in [2.45, 2.75) is 43.5 Å². The zero-order valence-electron chi connectivity index (χ0n) is 17.1. The second kappa shape index (κ2) is 9.55. The molecule has 0 aromatic heterocycles. The number of guanidine groups is 1. The highest BCUT2D eigenvalue weighted by atomic mass is 32.2. The van der Waals surface area contributed by atoms with Gasteiger partial charge in [0.25, 0.3) is 0 Å². The first kappa shape index (κ1) is 22.9.